The topological polar surface area (TPSA) is 80.7 Å². The molecule has 3 saturated carbocycles. The van der Waals surface area contributed by atoms with Crippen LogP contribution in [0.15, 0.2) is 11.6 Å². The minimum Gasteiger partial charge on any atom is -0.458 e. The van der Waals surface area contributed by atoms with Gasteiger partial charge in [-0.1, -0.05) is 19.4 Å². The van der Waals surface area contributed by atoms with Crippen LogP contribution in [0.25, 0.3) is 0 Å². The first kappa shape index (κ1) is 19.8. The fraction of sp³-hybridized carbons (Fsp3) is 0.783. The summed E-state index contributed by atoms with van der Waals surface area (Å²) in [5.41, 5.74) is -0.459. The molecule has 3 fully saturated rings. The Balaban J connectivity index is 1.60. The molecule has 1 N–H and O–H groups in total. The molecular weight excluding hydrogens is 356 g/mol. The van der Waals surface area contributed by atoms with Crippen molar-refractivity contribution in [3.63, 3.8) is 0 Å². The Labute approximate surface area is 166 Å². The molecule has 0 aliphatic heterocycles. The van der Waals surface area contributed by atoms with Gasteiger partial charge in [-0.05, 0) is 74.2 Å². The van der Waals surface area contributed by atoms with Crippen LogP contribution in [0.3, 0.4) is 0 Å². The van der Waals surface area contributed by atoms with Gasteiger partial charge in [0.15, 0.2) is 12.4 Å². The third-order valence-electron chi connectivity index (χ3n) is 8.98. The largest absolute Gasteiger partial charge is 0.458 e. The predicted octanol–water partition coefficient (Wildman–Crippen LogP) is 3.38. The zero-order valence-corrected chi connectivity index (χ0v) is 17.3. The van der Waals surface area contributed by atoms with Gasteiger partial charge in [0.2, 0.25) is 5.78 Å². The molecule has 28 heavy (non-hydrogen) atoms. The number of carbonyl (C=O) groups is 3. The van der Waals surface area contributed by atoms with Gasteiger partial charge < -0.3 is 9.84 Å². The van der Waals surface area contributed by atoms with E-state index in [9.17, 15) is 19.5 Å². The molecule has 0 spiro atoms. The number of hydrogen-bond acceptors (Lipinski definition) is 5. The zero-order chi connectivity index (χ0) is 20.3. The summed E-state index contributed by atoms with van der Waals surface area (Å²) in [6, 6.07) is 0. The number of esters is 1. The summed E-state index contributed by atoms with van der Waals surface area (Å²) in [5, 5.41) is 11.5. The van der Waals surface area contributed by atoms with Crippen molar-refractivity contribution < 1.29 is 24.2 Å². The van der Waals surface area contributed by atoms with Crippen LogP contribution in [-0.4, -0.2) is 34.9 Å². The van der Waals surface area contributed by atoms with Crippen molar-refractivity contribution in [2.75, 3.05) is 6.61 Å². The summed E-state index contributed by atoms with van der Waals surface area (Å²) >= 11 is 0. The van der Waals surface area contributed by atoms with Crippen LogP contribution in [0.5, 0.6) is 0 Å². The Morgan fingerprint density at radius 1 is 1.11 bits per heavy atom. The summed E-state index contributed by atoms with van der Waals surface area (Å²) < 4.78 is 4.92. The van der Waals surface area contributed by atoms with E-state index in [2.05, 4.69) is 13.8 Å². The van der Waals surface area contributed by atoms with E-state index in [0.29, 0.717) is 30.6 Å². The molecule has 0 aromatic rings. The van der Waals surface area contributed by atoms with E-state index in [0.717, 1.165) is 38.5 Å². The number of carbonyl (C=O) groups excluding carboxylic acids is 3. The summed E-state index contributed by atoms with van der Waals surface area (Å²) in [7, 11) is 0. The Morgan fingerprint density at radius 3 is 2.54 bits per heavy atom. The van der Waals surface area contributed by atoms with Crippen LogP contribution in [-0.2, 0) is 19.1 Å². The minimum atomic E-state index is -1.41. The Hall–Kier alpha value is -1.49. The van der Waals surface area contributed by atoms with Crippen molar-refractivity contribution >= 4 is 17.5 Å². The molecular formula is C23H32O5. The summed E-state index contributed by atoms with van der Waals surface area (Å²) in [6.07, 6.45) is 8.53. The lowest BCUT2D eigenvalue weighted by Gasteiger charge is -2.58. The molecule has 0 saturated heterocycles. The van der Waals surface area contributed by atoms with E-state index in [1.807, 2.05) is 6.08 Å². The van der Waals surface area contributed by atoms with Crippen LogP contribution < -0.4 is 0 Å². The van der Waals surface area contributed by atoms with E-state index in [1.54, 1.807) is 0 Å². The van der Waals surface area contributed by atoms with Crippen LogP contribution in [0.1, 0.15) is 72.1 Å². The molecule has 0 heterocycles. The average Bonchev–Trinajstić information content (AvgIpc) is 2.92. The highest BCUT2D eigenvalue weighted by Crippen LogP contribution is 2.67. The van der Waals surface area contributed by atoms with Crippen LogP contribution in [0, 0.1) is 28.6 Å². The summed E-state index contributed by atoms with van der Waals surface area (Å²) in [4.78, 5) is 35.9. The number of ketones is 2. The van der Waals surface area contributed by atoms with Gasteiger partial charge in [-0.15, -0.1) is 0 Å². The highest BCUT2D eigenvalue weighted by atomic mass is 16.5. The maximum Gasteiger partial charge on any atom is 0.303 e. The molecule has 6 atom stereocenters. The van der Waals surface area contributed by atoms with Gasteiger partial charge in [0.25, 0.3) is 0 Å². The number of ether oxygens (including phenoxy) is 1. The summed E-state index contributed by atoms with van der Waals surface area (Å²) in [5.74, 6) is 0.712. The van der Waals surface area contributed by atoms with Crippen molar-refractivity contribution in [3.8, 4) is 0 Å². The molecule has 4 rings (SSSR count). The second-order valence-electron chi connectivity index (χ2n) is 10.0. The highest BCUT2D eigenvalue weighted by molar-refractivity contribution is 5.92. The fourth-order valence-corrected chi connectivity index (χ4v) is 7.32. The Kier molecular flexibility index (Phi) is 4.61. The second-order valence-corrected chi connectivity index (χ2v) is 10.0. The maximum absolute atomic E-state index is 12.8. The molecule has 154 valence electrons. The van der Waals surface area contributed by atoms with Crippen LogP contribution in [0.2, 0.25) is 0 Å². The van der Waals surface area contributed by atoms with Gasteiger partial charge in [-0.2, -0.15) is 0 Å². The van der Waals surface area contributed by atoms with E-state index < -0.39 is 17.0 Å². The number of hydrogen-bond donors (Lipinski definition) is 1. The van der Waals surface area contributed by atoms with E-state index in [4.69, 9.17) is 4.74 Å². The zero-order valence-electron chi connectivity index (χ0n) is 17.3. The van der Waals surface area contributed by atoms with Crippen molar-refractivity contribution in [1.82, 2.24) is 0 Å². The standard InChI is InChI=1S/C23H32O5/c1-14(24)28-13-20(26)23(27)11-8-19-17-5-4-15-12-16(25)6-9-21(15,2)18(17)7-10-22(19,23)3/h12,17-19,27H,4-11,13H2,1-3H3/t17-,18-,19-,21-,22-,23-/m0/s1. The van der Waals surface area contributed by atoms with E-state index in [-0.39, 0.29) is 23.6 Å². The molecule has 0 unspecified atom stereocenters. The quantitative estimate of drug-likeness (QED) is 0.750. The lowest BCUT2D eigenvalue weighted by Crippen LogP contribution is -2.58. The molecule has 5 nitrogen and oxygen atoms in total. The van der Waals surface area contributed by atoms with Crippen molar-refractivity contribution in [3.05, 3.63) is 11.6 Å². The van der Waals surface area contributed by atoms with Gasteiger partial charge in [-0.3, -0.25) is 14.4 Å². The molecule has 4 aliphatic rings. The SMILES string of the molecule is CC(=O)OCC(=O)[C@@]1(O)CC[C@H]2[C@H]3CCC4=CC(=O)CC[C@]4(C)[C@H]3CC[C@@]21C. The molecule has 0 aromatic heterocycles. The molecule has 0 aromatic carbocycles. The first-order chi connectivity index (χ1) is 13.1. The van der Waals surface area contributed by atoms with Crippen LogP contribution in [0.4, 0.5) is 0 Å². The van der Waals surface area contributed by atoms with Gasteiger partial charge >= 0.3 is 5.97 Å². The average molecular weight is 389 g/mol. The third kappa shape index (κ3) is 2.65. The first-order valence-corrected chi connectivity index (χ1v) is 10.7. The molecule has 5 heteroatoms. The van der Waals surface area contributed by atoms with Gasteiger partial charge in [0.05, 0.1) is 0 Å². The number of rotatable bonds is 3. The fourth-order valence-electron chi connectivity index (χ4n) is 7.32. The van der Waals surface area contributed by atoms with Crippen molar-refractivity contribution in [2.24, 2.45) is 28.6 Å². The minimum absolute atomic E-state index is 0.0839. The normalized spacial score (nSPS) is 44.8. The number of Topliss-reactive ketones (excluding diaryl/α,β-unsaturated/α-hetero) is 1. The third-order valence-corrected chi connectivity index (χ3v) is 8.98. The highest BCUT2D eigenvalue weighted by Gasteiger charge is 2.66. The second kappa shape index (κ2) is 6.51. The Bertz CT molecular complexity index is 754. The van der Waals surface area contributed by atoms with Gasteiger partial charge in [-0.25, -0.2) is 0 Å². The lowest BCUT2D eigenvalue weighted by molar-refractivity contribution is -0.169. The molecule has 0 radical (unpaired) electrons. The van der Waals surface area contributed by atoms with E-state index in [1.165, 1.54) is 12.5 Å². The number of aliphatic hydroxyl groups is 1. The maximum atomic E-state index is 12.8. The number of fused-ring (bicyclic) bond motifs is 5. The van der Waals surface area contributed by atoms with Crippen LogP contribution >= 0.6 is 0 Å². The summed E-state index contributed by atoms with van der Waals surface area (Å²) in [6.45, 7) is 5.35. The molecule has 0 amide bonds. The van der Waals surface area contributed by atoms with Gasteiger partial charge in [0, 0.05) is 18.8 Å². The van der Waals surface area contributed by atoms with Crippen molar-refractivity contribution in [2.45, 2.75) is 77.7 Å². The van der Waals surface area contributed by atoms with Gasteiger partial charge in [0.1, 0.15) is 5.60 Å². The smallest absolute Gasteiger partial charge is 0.303 e. The Morgan fingerprint density at radius 2 is 1.82 bits per heavy atom. The van der Waals surface area contributed by atoms with Crippen molar-refractivity contribution in [1.29, 1.82) is 0 Å². The first-order valence-electron chi connectivity index (χ1n) is 10.7. The monoisotopic (exact) mass is 388 g/mol. The molecule has 0 bridgehead atoms. The predicted molar refractivity (Wildman–Crippen MR) is 103 cm³/mol. The van der Waals surface area contributed by atoms with E-state index >= 15 is 0 Å². The molecule has 4 aliphatic carbocycles. The lowest BCUT2D eigenvalue weighted by atomic mass is 9.46. The number of allylic oxidation sites excluding steroid dienone is 1.